The van der Waals surface area contributed by atoms with Crippen molar-refractivity contribution in [2.45, 2.75) is 18.9 Å². The molecule has 0 fully saturated rings. The number of alkyl halides is 2. The molecule has 30 heavy (non-hydrogen) atoms. The average molecular weight is 413 g/mol. The number of hydrogen-bond donors (Lipinski definition) is 2. The number of aromatic carboxylic acids is 1. The molecule has 0 bridgehead atoms. The zero-order chi connectivity index (χ0) is 21.3. The maximum absolute atomic E-state index is 12.5. The molecule has 0 spiro atoms. The summed E-state index contributed by atoms with van der Waals surface area (Å²) < 4.78 is 31.2. The summed E-state index contributed by atoms with van der Waals surface area (Å²) >= 11 is 0. The lowest BCUT2D eigenvalue weighted by Gasteiger charge is -2.14. The van der Waals surface area contributed by atoms with E-state index in [0.717, 1.165) is 33.1 Å². The fourth-order valence-electron chi connectivity index (χ4n) is 3.64. The van der Waals surface area contributed by atoms with Crippen molar-refractivity contribution in [3.63, 3.8) is 0 Å². The zero-order valence-electron chi connectivity index (χ0n) is 15.6. The number of carboxylic acid groups (broad SMARTS) is 1. The number of carbonyl (C=O) groups is 2. The van der Waals surface area contributed by atoms with Gasteiger partial charge in [0.05, 0.1) is 0 Å². The quantitative estimate of drug-likeness (QED) is 0.632. The first kappa shape index (κ1) is 19.6. The van der Waals surface area contributed by atoms with E-state index in [2.05, 4.69) is 10.4 Å². The van der Waals surface area contributed by atoms with E-state index in [1.807, 2.05) is 48.5 Å². The normalized spacial score (nSPS) is 12.5. The van der Waals surface area contributed by atoms with Crippen LogP contribution in [-0.2, 0) is 11.3 Å². The lowest BCUT2D eigenvalue weighted by Crippen LogP contribution is -2.19. The number of carboxylic acids is 1. The van der Waals surface area contributed by atoms with Gasteiger partial charge < -0.3 is 9.84 Å². The summed E-state index contributed by atoms with van der Waals surface area (Å²) in [5.41, 5.74) is 3.80. The van der Waals surface area contributed by atoms with Crippen LogP contribution in [0.2, 0.25) is 0 Å². The predicted molar refractivity (Wildman–Crippen MR) is 104 cm³/mol. The van der Waals surface area contributed by atoms with Gasteiger partial charge in [-0.2, -0.15) is 5.10 Å². The van der Waals surface area contributed by atoms with Gasteiger partial charge in [0.15, 0.2) is 5.82 Å². The third kappa shape index (κ3) is 3.73. The number of nitrogens with one attached hydrogen (secondary N) is 1. The highest BCUT2D eigenvalue weighted by molar-refractivity contribution is 5.97. The summed E-state index contributed by atoms with van der Waals surface area (Å²) in [6.45, 7) is -0.757. The molecule has 1 aliphatic rings. The highest BCUT2D eigenvalue weighted by Gasteiger charge is 2.29. The lowest BCUT2D eigenvalue weighted by atomic mass is 9.98. The summed E-state index contributed by atoms with van der Waals surface area (Å²) in [7, 11) is 0. The zero-order valence-corrected chi connectivity index (χ0v) is 15.6. The number of ether oxygens (including phenoxy) is 1. The van der Waals surface area contributed by atoms with Crippen molar-refractivity contribution in [3.05, 3.63) is 71.4 Å². The third-order valence-corrected chi connectivity index (χ3v) is 4.88. The van der Waals surface area contributed by atoms with Crippen LogP contribution in [0.1, 0.15) is 27.4 Å². The summed E-state index contributed by atoms with van der Waals surface area (Å²) in [5, 5.41) is 15.2. The molecule has 0 radical (unpaired) electrons. The number of hydrogen-bond acceptors (Lipinski definition) is 4. The second-order valence-corrected chi connectivity index (χ2v) is 6.76. The number of halogens is 2. The Morgan fingerprint density at radius 3 is 2.27 bits per heavy atom. The summed E-state index contributed by atoms with van der Waals surface area (Å²) in [4.78, 5) is 23.6. The molecule has 0 aliphatic heterocycles. The molecule has 9 heteroatoms. The van der Waals surface area contributed by atoms with Crippen LogP contribution in [0.3, 0.4) is 0 Å². The van der Waals surface area contributed by atoms with Gasteiger partial charge in [0.2, 0.25) is 0 Å². The molecule has 1 aliphatic carbocycles. The molecule has 154 valence electrons. The Morgan fingerprint density at radius 1 is 1.10 bits per heavy atom. The fraction of sp³-hybridized carbons (Fsp3) is 0.190. The van der Waals surface area contributed by atoms with Crippen LogP contribution in [0, 0.1) is 0 Å². The molecule has 1 aromatic heterocycles. The van der Waals surface area contributed by atoms with Gasteiger partial charge in [-0.3, -0.25) is 10.00 Å². The highest BCUT2D eigenvalue weighted by atomic mass is 19.3. The largest absolute Gasteiger partial charge is 0.477 e. The predicted octanol–water partition coefficient (Wildman–Crippen LogP) is 4.21. The lowest BCUT2D eigenvalue weighted by molar-refractivity contribution is 0.0697. The first-order valence-corrected chi connectivity index (χ1v) is 9.15. The van der Waals surface area contributed by atoms with Crippen molar-refractivity contribution in [1.29, 1.82) is 0 Å². The molecule has 0 saturated heterocycles. The van der Waals surface area contributed by atoms with Crippen LogP contribution < -0.4 is 5.32 Å². The first-order valence-electron chi connectivity index (χ1n) is 9.15. The topological polar surface area (TPSA) is 93.5 Å². The van der Waals surface area contributed by atoms with Crippen LogP contribution >= 0.6 is 0 Å². The van der Waals surface area contributed by atoms with E-state index in [0.29, 0.717) is 0 Å². The second kappa shape index (κ2) is 7.94. The summed E-state index contributed by atoms with van der Waals surface area (Å²) in [5.74, 6) is -1.91. The van der Waals surface area contributed by atoms with E-state index in [1.54, 1.807) is 0 Å². The number of carbonyl (C=O) groups excluding carboxylic acids is 1. The van der Waals surface area contributed by atoms with E-state index >= 15 is 0 Å². The Kier molecular flexibility index (Phi) is 5.18. The molecule has 2 N–H and O–H groups in total. The van der Waals surface area contributed by atoms with Gasteiger partial charge in [-0.05, 0) is 22.3 Å². The van der Waals surface area contributed by atoms with Gasteiger partial charge in [-0.25, -0.2) is 18.4 Å². The minimum Gasteiger partial charge on any atom is -0.477 e. The van der Waals surface area contributed by atoms with Crippen molar-refractivity contribution < 1.29 is 28.2 Å². The molecule has 2 aromatic carbocycles. The Balaban J connectivity index is 1.49. The van der Waals surface area contributed by atoms with Crippen molar-refractivity contribution in [3.8, 4) is 11.1 Å². The van der Waals surface area contributed by atoms with Crippen LogP contribution in [0.5, 0.6) is 0 Å². The smallest absolute Gasteiger partial charge is 0.412 e. The first-order chi connectivity index (χ1) is 14.4. The van der Waals surface area contributed by atoms with E-state index in [9.17, 15) is 23.5 Å². The number of nitrogens with zero attached hydrogens (tertiary/aromatic N) is 2. The summed E-state index contributed by atoms with van der Waals surface area (Å²) in [6.07, 6.45) is -2.69. The van der Waals surface area contributed by atoms with Gasteiger partial charge in [0, 0.05) is 12.1 Å². The molecule has 1 heterocycles. The molecule has 4 rings (SSSR count). The van der Waals surface area contributed by atoms with E-state index in [4.69, 9.17) is 4.74 Å². The molecule has 0 saturated carbocycles. The van der Waals surface area contributed by atoms with Gasteiger partial charge in [-0.15, -0.1) is 0 Å². The Hall–Kier alpha value is -3.75. The molecule has 1 amide bonds. The van der Waals surface area contributed by atoms with Crippen LogP contribution in [0.4, 0.5) is 19.4 Å². The Labute approximate surface area is 169 Å². The standard InChI is InChI=1S/C21H17F2N3O4/c22-18(23)10-26-9-16(20(27)28)19(25-26)24-21(29)30-11-17-14-7-3-1-5-12(14)13-6-2-4-8-15(13)17/h1-9,17-18H,10-11H2,(H,27,28)(H,24,25,29). The SMILES string of the molecule is O=C(Nc1nn(CC(F)F)cc1C(=O)O)OCC1c2ccccc2-c2ccccc21. The Morgan fingerprint density at radius 2 is 1.70 bits per heavy atom. The minimum atomic E-state index is -2.71. The average Bonchev–Trinajstić information content (AvgIpc) is 3.25. The maximum Gasteiger partial charge on any atom is 0.412 e. The monoisotopic (exact) mass is 413 g/mol. The number of rotatable bonds is 6. The van der Waals surface area contributed by atoms with E-state index in [1.165, 1.54) is 0 Å². The molecule has 7 nitrogen and oxygen atoms in total. The van der Waals surface area contributed by atoms with Gasteiger partial charge in [-0.1, -0.05) is 48.5 Å². The third-order valence-electron chi connectivity index (χ3n) is 4.88. The number of fused-ring (bicyclic) bond motifs is 3. The minimum absolute atomic E-state index is 0.0278. The van der Waals surface area contributed by atoms with Gasteiger partial charge in [0.1, 0.15) is 18.7 Å². The number of benzene rings is 2. The summed E-state index contributed by atoms with van der Waals surface area (Å²) in [6, 6.07) is 15.6. The maximum atomic E-state index is 12.5. The molecular formula is C21H17F2N3O4. The van der Waals surface area contributed by atoms with E-state index in [-0.39, 0.29) is 18.3 Å². The van der Waals surface area contributed by atoms with Crippen molar-refractivity contribution >= 4 is 17.9 Å². The molecular weight excluding hydrogens is 396 g/mol. The molecule has 0 unspecified atom stereocenters. The molecule has 0 atom stereocenters. The molecule has 3 aromatic rings. The number of anilines is 1. The fourth-order valence-corrected chi connectivity index (χ4v) is 3.64. The van der Waals surface area contributed by atoms with Crippen molar-refractivity contribution in [2.24, 2.45) is 0 Å². The van der Waals surface area contributed by atoms with Crippen molar-refractivity contribution in [2.75, 3.05) is 11.9 Å². The van der Waals surface area contributed by atoms with Gasteiger partial charge in [0.25, 0.3) is 6.43 Å². The Bertz CT molecular complexity index is 1070. The highest BCUT2D eigenvalue weighted by Crippen LogP contribution is 2.44. The van der Waals surface area contributed by atoms with Crippen LogP contribution in [0.25, 0.3) is 11.1 Å². The number of amides is 1. The van der Waals surface area contributed by atoms with Crippen LogP contribution in [-0.4, -0.2) is 40.0 Å². The van der Waals surface area contributed by atoms with Gasteiger partial charge >= 0.3 is 12.1 Å². The van der Waals surface area contributed by atoms with E-state index < -0.39 is 30.6 Å². The van der Waals surface area contributed by atoms with Crippen LogP contribution in [0.15, 0.2) is 54.7 Å². The van der Waals surface area contributed by atoms with Crippen molar-refractivity contribution in [1.82, 2.24) is 9.78 Å². The second-order valence-electron chi connectivity index (χ2n) is 6.76. The number of aromatic nitrogens is 2.